The van der Waals surface area contributed by atoms with Crippen LogP contribution in [0.5, 0.6) is 5.75 Å². The number of ether oxygens (including phenoxy) is 2. The van der Waals surface area contributed by atoms with Crippen LogP contribution in [0.1, 0.15) is 64.4 Å². The molecule has 0 radical (unpaired) electrons. The summed E-state index contributed by atoms with van der Waals surface area (Å²) in [5.41, 5.74) is 2.75. The summed E-state index contributed by atoms with van der Waals surface area (Å²) in [6.07, 6.45) is 5.46. The van der Waals surface area contributed by atoms with Gasteiger partial charge in [-0.05, 0) is 76.6 Å². The Morgan fingerprint density at radius 3 is 2.75 bits per heavy atom. The lowest BCUT2D eigenvalue weighted by molar-refractivity contribution is -0.149. The predicted octanol–water partition coefficient (Wildman–Crippen LogP) is 4.07. The lowest BCUT2D eigenvalue weighted by Crippen LogP contribution is -2.35. The average Bonchev–Trinajstić information content (AvgIpc) is 3.46. The maximum Gasteiger partial charge on any atom is 0.330 e. The van der Waals surface area contributed by atoms with E-state index in [2.05, 4.69) is 15.1 Å². The highest BCUT2D eigenvalue weighted by Crippen LogP contribution is 2.41. The van der Waals surface area contributed by atoms with Gasteiger partial charge in [0.1, 0.15) is 18.0 Å². The van der Waals surface area contributed by atoms with Crippen LogP contribution >= 0.6 is 8.53 Å². The number of hydrogen-bond acceptors (Lipinski definition) is 8. The lowest BCUT2D eigenvalue weighted by Gasteiger charge is -2.24. The number of fused-ring (bicyclic) bond motifs is 3. The van der Waals surface area contributed by atoms with Crippen LogP contribution in [-0.4, -0.2) is 45.4 Å². The summed E-state index contributed by atoms with van der Waals surface area (Å²) in [5.74, 6) is 0.258. The Hall–Kier alpha value is -2.98. The van der Waals surface area contributed by atoms with Gasteiger partial charge in [-0.2, -0.15) is 0 Å². The Balaban J connectivity index is 1.30. The minimum absolute atomic E-state index is 0.0134. The number of carbonyl (C=O) groups excluding carboxylic acids is 1. The highest BCUT2D eigenvalue weighted by molar-refractivity contribution is 7.45. The standard InChI is InChI=1S/C28H37N4O7P/c1-16(2)37-27(34)18(4)31-40(39-19-9-10-24-22(14-19)21-7-5-6-8-23(21)29-24)36-15-20-13-17(3)26(38-20)32-12-11-25(33)30-28(32)35/h9-12,14,16-18,20,26,29,31H,5-8,13,15H2,1-4H3,(H,30,33,35)/t17?,18-,20?,26?,40?/m0/s1. The van der Waals surface area contributed by atoms with Crippen molar-refractivity contribution in [1.29, 1.82) is 0 Å². The zero-order valence-corrected chi connectivity index (χ0v) is 24.2. The zero-order valence-electron chi connectivity index (χ0n) is 23.3. The fourth-order valence-electron chi connectivity index (χ4n) is 5.32. The molecule has 1 aliphatic carbocycles. The second kappa shape index (κ2) is 12.3. The first kappa shape index (κ1) is 28.5. The van der Waals surface area contributed by atoms with Gasteiger partial charge in [-0.3, -0.25) is 19.1 Å². The van der Waals surface area contributed by atoms with Crippen molar-refractivity contribution in [1.82, 2.24) is 19.6 Å². The third-order valence-corrected chi connectivity index (χ3v) is 8.58. The van der Waals surface area contributed by atoms with E-state index in [-0.39, 0.29) is 24.7 Å². The van der Waals surface area contributed by atoms with Crippen molar-refractivity contribution in [2.24, 2.45) is 5.92 Å². The summed E-state index contributed by atoms with van der Waals surface area (Å²) in [4.78, 5) is 42.1. The van der Waals surface area contributed by atoms with Gasteiger partial charge in [-0.1, -0.05) is 6.92 Å². The molecular formula is C28H37N4O7P. The molecule has 2 aliphatic rings. The Morgan fingerprint density at radius 2 is 1.98 bits per heavy atom. The predicted molar refractivity (Wildman–Crippen MR) is 151 cm³/mol. The van der Waals surface area contributed by atoms with Crippen LogP contribution in [0.4, 0.5) is 0 Å². The van der Waals surface area contributed by atoms with Crippen molar-refractivity contribution in [2.45, 2.75) is 84.3 Å². The van der Waals surface area contributed by atoms with Crippen LogP contribution in [0.15, 0.2) is 40.1 Å². The van der Waals surface area contributed by atoms with Crippen molar-refractivity contribution < 1.29 is 23.3 Å². The van der Waals surface area contributed by atoms with Crippen molar-refractivity contribution >= 4 is 25.4 Å². The van der Waals surface area contributed by atoms with Gasteiger partial charge < -0.3 is 23.5 Å². The van der Waals surface area contributed by atoms with E-state index in [1.54, 1.807) is 20.8 Å². The number of carbonyl (C=O) groups is 1. The van der Waals surface area contributed by atoms with Crippen LogP contribution in [0.25, 0.3) is 10.9 Å². The molecule has 0 spiro atoms. The molecule has 1 aliphatic heterocycles. The monoisotopic (exact) mass is 572 g/mol. The molecule has 12 heteroatoms. The molecule has 1 fully saturated rings. The number of rotatable bonds is 10. The molecule has 0 saturated carbocycles. The fourth-order valence-corrected chi connectivity index (χ4v) is 6.52. The lowest BCUT2D eigenvalue weighted by atomic mass is 9.96. The van der Waals surface area contributed by atoms with Gasteiger partial charge in [0.25, 0.3) is 5.56 Å². The van der Waals surface area contributed by atoms with E-state index >= 15 is 0 Å². The molecule has 216 valence electrons. The molecule has 4 unspecified atom stereocenters. The number of aromatic amines is 2. The Kier molecular flexibility index (Phi) is 8.75. The summed E-state index contributed by atoms with van der Waals surface area (Å²) >= 11 is 0. The van der Waals surface area contributed by atoms with Crippen LogP contribution in [0.3, 0.4) is 0 Å². The molecule has 1 saturated heterocycles. The largest absolute Gasteiger partial charge is 0.462 e. The van der Waals surface area contributed by atoms with Gasteiger partial charge in [-0.15, -0.1) is 0 Å². The first-order chi connectivity index (χ1) is 19.2. The number of hydrogen-bond donors (Lipinski definition) is 3. The Labute approximate surface area is 233 Å². The maximum absolute atomic E-state index is 12.5. The highest BCUT2D eigenvalue weighted by atomic mass is 31.2. The molecule has 3 heterocycles. The molecule has 0 bridgehead atoms. The number of nitrogens with one attached hydrogen (secondary N) is 3. The summed E-state index contributed by atoms with van der Waals surface area (Å²) < 4.78 is 25.4. The van der Waals surface area contributed by atoms with Crippen LogP contribution in [-0.2, 0) is 31.6 Å². The summed E-state index contributed by atoms with van der Waals surface area (Å²) in [7, 11) is -1.75. The van der Waals surface area contributed by atoms with E-state index in [9.17, 15) is 14.4 Å². The molecule has 0 amide bonds. The third-order valence-electron chi connectivity index (χ3n) is 7.22. The fraction of sp³-hybridized carbons (Fsp3) is 0.536. The van der Waals surface area contributed by atoms with E-state index in [4.69, 9.17) is 18.5 Å². The second-order valence-electron chi connectivity index (χ2n) is 10.9. The summed E-state index contributed by atoms with van der Waals surface area (Å²) in [5, 5.41) is 4.31. The number of nitrogens with zero attached hydrogens (tertiary/aromatic N) is 1. The van der Waals surface area contributed by atoms with Crippen molar-refractivity contribution in [2.75, 3.05) is 6.61 Å². The van der Waals surface area contributed by atoms with Crippen LogP contribution in [0.2, 0.25) is 0 Å². The number of H-pyrrole nitrogens is 2. The smallest absolute Gasteiger partial charge is 0.330 e. The van der Waals surface area contributed by atoms with E-state index in [1.165, 1.54) is 40.9 Å². The molecule has 3 N–H and O–H groups in total. The van der Waals surface area contributed by atoms with Gasteiger partial charge in [-0.25, -0.2) is 9.88 Å². The van der Waals surface area contributed by atoms with E-state index in [1.807, 2.05) is 25.1 Å². The number of aromatic nitrogens is 3. The molecule has 40 heavy (non-hydrogen) atoms. The molecule has 2 aromatic heterocycles. The average molecular weight is 573 g/mol. The second-order valence-corrected chi connectivity index (χ2v) is 12.1. The highest BCUT2D eigenvalue weighted by Gasteiger charge is 2.35. The normalized spacial score (nSPS) is 22.3. The number of aryl methyl sites for hydroxylation is 2. The van der Waals surface area contributed by atoms with Crippen LogP contribution in [0, 0.1) is 5.92 Å². The first-order valence-electron chi connectivity index (χ1n) is 13.9. The topological polar surface area (TPSA) is 137 Å². The molecule has 5 rings (SSSR count). The van der Waals surface area contributed by atoms with Gasteiger partial charge in [0.05, 0.1) is 18.8 Å². The Bertz CT molecular complexity index is 1460. The molecule has 5 atom stereocenters. The molecule has 11 nitrogen and oxygen atoms in total. The summed E-state index contributed by atoms with van der Waals surface area (Å²) in [6, 6.07) is 6.58. The number of benzene rings is 1. The molecular weight excluding hydrogens is 535 g/mol. The minimum Gasteiger partial charge on any atom is -0.462 e. The van der Waals surface area contributed by atoms with Crippen molar-refractivity contribution in [3.05, 3.63) is 62.6 Å². The van der Waals surface area contributed by atoms with E-state index in [0.717, 1.165) is 23.7 Å². The third kappa shape index (κ3) is 6.49. The van der Waals surface area contributed by atoms with Gasteiger partial charge in [0.15, 0.2) is 0 Å². The first-order valence-corrected chi connectivity index (χ1v) is 15.0. The zero-order chi connectivity index (χ0) is 28.4. The SMILES string of the molecule is CC(C)OC(=O)[C@H](C)NP(OCC1CC(C)C(n2ccc(=O)[nH]c2=O)O1)Oc1ccc2[nH]c3c(c2c1)CCCC3. The maximum atomic E-state index is 12.5. The van der Waals surface area contributed by atoms with Gasteiger partial charge in [0, 0.05) is 34.8 Å². The minimum atomic E-state index is -1.75. The van der Waals surface area contributed by atoms with E-state index < -0.39 is 38.0 Å². The quantitative estimate of drug-likeness (QED) is 0.244. The van der Waals surface area contributed by atoms with Crippen molar-refractivity contribution in [3.63, 3.8) is 0 Å². The molecule has 3 aromatic rings. The summed E-state index contributed by atoms with van der Waals surface area (Å²) in [6.45, 7) is 7.49. The van der Waals surface area contributed by atoms with Gasteiger partial charge >= 0.3 is 20.2 Å². The van der Waals surface area contributed by atoms with E-state index in [0.29, 0.717) is 12.2 Å². The molecule has 1 aromatic carbocycles. The van der Waals surface area contributed by atoms with Gasteiger partial charge in [0.2, 0.25) is 0 Å². The van der Waals surface area contributed by atoms with Crippen LogP contribution < -0.4 is 20.9 Å². The number of esters is 1. The Morgan fingerprint density at radius 1 is 1.18 bits per heavy atom. The van der Waals surface area contributed by atoms with Crippen molar-refractivity contribution in [3.8, 4) is 5.75 Å².